The van der Waals surface area contributed by atoms with Crippen LogP contribution in [0.25, 0.3) is 22.4 Å². The number of likely N-dealkylation sites (tertiary alicyclic amines) is 2. The van der Waals surface area contributed by atoms with E-state index in [2.05, 4.69) is 29.5 Å². The fourth-order valence-electron chi connectivity index (χ4n) is 7.44. The van der Waals surface area contributed by atoms with Crippen molar-refractivity contribution in [2.24, 2.45) is 7.05 Å². The van der Waals surface area contributed by atoms with Crippen molar-refractivity contribution in [3.63, 3.8) is 0 Å². The van der Waals surface area contributed by atoms with Crippen LogP contribution in [0.1, 0.15) is 52.4 Å². The predicted octanol–water partition coefficient (Wildman–Crippen LogP) is 5.03. The van der Waals surface area contributed by atoms with Crippen molar-refractivity contribution in [3.05, 3.63) is 76.5 Å². The summed E-state index contributed by atoms with van der Waals surface area (Å²) in [6.45, 7) is 5.24. The van der Waals surface area contributed by atoms with Gasteiger partial charge in [-0.25, -0.2) is 18.1 Å². The zero-order valence-corrected chi connectivity index (χ0v) is 32.6. The number of nitrogens with one attached hydrogen (secondary N) is 1. The number of ether oxygens (including phenoxy) is 1. The quantitative estimate of drug-likeness (QED) is 0.166. The van der Waals surface area contributed by atoms with Gasteiger partial charge in [-0.2, -0.15) is 5.10 Å². The highest BCUT2D eigenvalue weighted by molar-refractivity contribution is 7.76. The first-order valence-corrected chi connectivity index (χ1v) is 19.2. The molecule has 6 rings (SSSR count). The summed E-state index contributed by atoms with van der Waals surface area (Å²) >= 11 is 4.20. The molecule has 2 aromatic heterocycles. The van der Waals surface area contributed by atoms with E-state index < -0.39 is 28.8 Å². The van der Waals surface area contributed by atoms with Crippen LogP contribution in [0.15, 0.2) is 42.7 Å². The number of imidazole rings is 1. The molecule has 0 saturated carbocycles. The Balaban J connectivity index is 1.09. The Kier molecular flexibility index (Phi) is 12.0. The molecule has 0 aliphatic carbocycles. The molecule has 2 saturated heterocycles. The third-order valence-electron chi connectivity index (χ3n) is 10.7. The minimum absolute atomic E-state index is 0.0366. The van der Waals surface area contributed by atoms with E-state index in [-0.39, 0.29) is 51.2 Å². The fourth-order valence-corrected chi connectivity index (χ4v) is 8.61. The maximum atomic E-state index is 15.5. The molecular formula is C37H45ClF2N8O5S. The summed E-state index contributed by atoms with van der Waals surface area (Å²) in [6.07, 6.45) is 5.43. The number of carbonyl (C=O) groups is 2. The van der Waals surface area contributed by atoms with Crippen LogP contribution < -0.4 is 5.32 Å². The molecule has 2 aliphatic heterocycles. The second kappa shape index (κ2) is 16.4. The van der Waals surface area contributed by atoms with Crippen LogP contribution in [0.3, 0.4) is 0 Å². The number of hydrogen-bond acceptors (Lipinski definition) is 7. The maximum absolute atomic E-state index is 15.5. The summed E-state index contributed by atoms with van der Waals surface area (Å²) in [6, 6.07) is 7.24. The van der Waals surface area contributed by atoms with Crippen molar-refractivity contribution in [1.29, 1.82) is 0 Å². The Morgan fingerprint density at radius 1 is 1.04 bits per heavy atom. The summed E-state index contributed by atoms with van der Waals surface area (Å²) in [5.74, 6) is -3.11. The molecule has 13 nitrogen and oxygen atoms in total. The second-order valence-electron chi connectivity index (χ2n) is 14.5. The molecule has 54 heavy (non-hydrogen) atoms. The van der Waals surface area contributed by atoms with Crippen LogP contribution in [0.4, 0.5) is 14.5 Å². The number of anilines is 1. The highest BCUT2D eigenvalue weighted by Crippen LogP contribution is 2.34. The Morgan fingerprint density at radius 3 is 2.33 bits per heavy atom. The third kappa shape index (κ3) is 8.14. The Bertz CT molecular complexity index is 2060. The Labute approximate surface area is 320 Å². The molecule has 2 aliphatic rings. The number of hydrogen-bond donors (Lipinski definition) is 1. The molecule has 0 radical (unpaired) electrons. The van der Waals surface area contributed by atoms with E-state index in [0.717, 1.165) is 30.4 Å². The van der Waals surface area contributed by atoms with Gasteiger partial charge in [-0.1, -0.05) is 17.7 Å². The normalized spacial score (nSPS) is 17.3. The second-order valence-corrected chi connectivity index (χ2v) is 15.8. The van der Waals surface area contributed by atoms with E-state index in [1.807, 2.05) is 0 Å². The van der Waals surface area contributed by atoms with Crippen molar-refractivity contribution in [2.45, 2.75) is 51.2 Å². The van der Waals surface area contributed by atoms with Gasteiger partial charge < -0.3 is 28.6 Å². The van der Waals surface area contributed by atoms with E-state index in [9.17, 15) is 18.4 Å². The SMILES string of the molecule is COCCn1ncc(-c2ccc(-c3cnc(C(=O)Nc4ccc(C(=O)N5CCC(N(C6CC[N+](C)(C)CC6)S(=O)[O-])CC5)c(Cl)c4)n3C)c(F)c2F)c1C. The predicted molar refractivity (Wildman–Crippen MR) is 200 cm³/mol. The lowest BCUT2D eigenvalue weighted by atomic mass is 9.98. The smallest absolute Gasteiger partial charge is 0.291 e. The number of rotatable bonds is 11. The number of benzene rings is 2. The molecule has 1 N–H and O–H groups in total. The molecule has 4 aromatic rings. The molecule has 1 unspecified atom stereocenters. The molecule has 0 spiro atoms. The first kappa shape index (κ1) is 39.6. The Morgan fingerprint density at radius 2 is 1.69 bits per heavy atom. The summed E-state index contributed by atoms with van der Waals surface area (Å²) in [7, 11) is 7.40. The molecule has 0 bridgehead atoms. The highest BCUT2D eigenvalue weighted by atomic mass is 35.5. The molecule has 290 valence electrons. The first-order chi connectivity index (χ1) is 25.7. The number of piperidine rings is 2. The summed E-state index contributed by atoms with van der Waals surface area (Å²) in [5.41, 5.74) is 1.84. The molecular weight excluding hydrogens is 742 g/mol. The zero-order chi connectivity index (χ0) is 38.9. The monoisotopic (exact) mass is 786 g/mol. The number of aromatic nitrogens is 4. The third-order valence-corrected chi connectivity index (χ3v) is 11.9. The van der Waals surface area contributed by atoms with Gasteiger partial charge in [0.25, 0.3) is 11.8 Å². The van der Waals surface area contributed by atoms with Crippen LogP contribution >= 0.6 is 11.6 Å². The van der Waals surface area contributed by atoms with Crippen LogP contribution in [-0.4, -0.2) is 120 Å². The van der Waals surface area contributed by atoms with Crippen molar-refractivity contribution >= 4 is 40.4 Å². The van der Waals surface area contributed by atoms with Gasteiger partial charge in [0.1, 0.15) is 0 Å². The lowest BCUT2D eigenvalue weighted by molar-refractivity contribution is -0.895. The molecule has 4 heterocycles. The minimum atomic E-state index is -2.35. The van der Waals surface area contributed by atoms with Crippen LogP contribution in [-0.2, 0) is 29.6 Å². The van der Waals surface area contributed by atoms with Crippen molar-refractivity contribution in [1.82, 2.24) is 28.5 Å². The average molecular weight is 787 g/mol. The van der Waals surface area contributed by atoms with E-state index >= 15 is 8.78 Å². The van der Waals surface area contributed by atoms with E-state index in [1.165, 1.54) is 48.3 Å². The molecule has 2 aromatic carbocycles. The van der Waals surface area contributed by atoms with Crippen LogP contribution in [0.2, 0.25) is 5.02 Å². The van der Waals surface area contributed by atoms with Gasteiger partial charge in [-0.3, -0.25) is 18.5 Å². The first-order valence-electron chi connectivity index (χ1n) is 17.8. The van der Waals surface area contributed by atoms with Gasteiger partial charge in [0.05, 0.1) is 69.0 Å². The van der Waals surface area contributed by atoms with Crippen molar-refractivity contribution in [2.75, 3.05) is 59.3 Å². The van der Waals surface area contributed by atoms with Crippen molar-refractivity contribution < 1.29 is 36.4 Å². The molecule has 2 fully saturated rings. The summed E-state index contributed by atoms with van der Waals surface area (Å²) in [4.78, 5) is 32.6. The molecule has 1 atom stereocenters. The van der Waals surface area contributed by atoms with Gasteiger partial charge in [0.2, 0.25) is 0 Å². The number of nitrogens with zero attached hydrogens (tertiary/aromatic N) is 7. The highest BCUT2D eigenvalue weighted by Gasteiger charge is 2.36. The number of quaternary nitrogens is 1. The van der Waals surface area contributed by atoms with E-state index in [4.69, 9.17) is 16.3 Å². The number of carbonyl (C=O) groups excluding carboxylic acids is 2. The number of amides is 2. The van der Waals surface area contributed by atoms with Gasteiger partial charge in [0.15, 0.2) is 17.5 Å². The Hall–Kier alpha value is -4.06. The zero-order valence-electron chi connectivity index (χ0n) is 31.0. The van der Waals surface area contributed by atoms with Crippen LogP contribution in [0.5, 0.6) is 0 Å². The molecule has 17 heteroatoms. The lowest BCUT2D eigenvalue weighted by Gasteiger charge is -2.46. The standard InChI is InChI=1S/C37H45ClF2N8O5S/c1-23-30(21-42-46(23)16-19-53-5)27-8-9-29(34(40)33(27)39)32-22-41-35(44(32)2)36(49)43-24-6-7-28(31(38)20-24)37(50)45-14-10-25(11-15-45)47(54(51)52)26-12-17-48(3,4)18-13-26/h6-9,20-22,25-26H,10-19H2,1-5H3,(H-,43,49,50,51,52). The van der Waals surface area contributed by atoms with E-state index in [0.29, 0.717) is 56.0 Å². The maximum Gasteiger partial charge on any atom is 0.291 e. The largest absolute Gasteiger partial charge is 0.760 e. The van der Waals surface area contributed by atoms with Crippen LogP contribution in [0, 0.1) is 18.6 Å². The minimum Gasteiger partial charge on any atom is -0.760 e. The topological polar surface area (TPSA) is 138 Å². The fraction of sp³-hybridized carbons (Fsp3) is 0.459. The average Bonchev–Trinajstić information content (AvgIpc) is 3.70. The lowest BCUT2D eigenvalue weighted by Crippen LogP contribution is -2.56. The van der Waals surface area contributed by atoms with E-state index in [1.54, 1.807) is 34.0 Å². The summed E-state index contributed by atoms with van der Waals surface area (Å²) in [5, 5.41) is 7.10. The van der Waals surface area contributed by atoms with Gasteiger partial charge in [-0.05, 0) is 44.0 Å². The molecule has 2 amide bonds. The summed E-state index contributed by atoms with van der Waals surface area (Å²) < 4.78 is 66.2. The van der Waals surface area contributed by atoms with Gasteiger partial charge >= 0.3 is 0 Å². The van der Waals surface area contributed by atoms with Crippen molar-refractivity contribution in [3.8, 4) is 22.4 Å². The van der Waals surface area contributed by atoms with Gasteiger partial charge in [-0.15, -0.1) is 0 Å². The number of halogens is 3. The number of methoxy groups -OCH3 is 1. The van der Waals surface area contributed by atoms with Gasteiger partial charge in [0, 0.05) is 91.5 Å².